The second kappa shape index (κ2) is 13.5. The molecule has 0 bridgehead atoms. The van der Waals surface area contributed by atoms with E-state index in [0.717, 1.165) is 11.0 Å². The van der Waals surface area contributed by atoms with Crippen LogP contribution in [0.5, 0.6) is 17.2 Å². The SMILES string of the molecule is CCCc1nc(C(O)(C(F)(F)F)C(F)(F)F)ccc1Oc1ccc(C(=O)CN2C(=O)NC(C)(c3ccc(OC(C)C)cc3)C2=O)cc1I. The topological polar surface area (TPSA) is 118 Å². The largest absolute Gasteiger partial charge is 0.491 e. The van der Waals surface area contributed by atoms with Crippen LogP contribution in [0.15, 0.2) is 54.6 Å². The van der Waals surface area contributed by atoms with Crippen LogP contribution in [0, 0.1) is 3.57 Å². The van der Waals surface area contributed by atoms with Gasteiger partial charge in [-0.15, -0.1) is 0 Å². The highest BCUT2D eigenvalue weighted by Crippen LogP contribution is 2.50. The van der Waals surface area contributed by atoms with Crippen LogP contribution in [0.3, 0.4) is 0 Å². The fourth-order valence-electron chi connectivity index (χ4n) is 4.94. The third kappa shape index (κ3) is 7.09. The average molecular weight is 793 g/mol. The van der Waals surface area contributed by atoms with Gasteiger partial charge in [0, 0.05) is 5.56 Å². The summed E-state index contributed by atoms with van der Waals surface area (Å²) in [4.78, 5) is 43.7. The van der Waals surface area contributed by atoms with Gasteiger partial charge in [-0.2, -0.15) is 26.3 Å². The number of pyridine rings is 1. The number of aromatic nitrogens is 1. The van der Waals surface area contributed by atoms with Crippen molar-refractivity contribution in [2.45, 2.75) is 70.1 Å². The first-order valence-corrected chi connectivity index (χ1v) is 15.6. The number of imide groups is 1. The molecule has 1 aliphatic rings. The van der Waals surface area contributed by atoms with Crippen molar-refractivity contribution in [3.8, 4) is 17.2 Å². The van der Waals surface area contributed by atoms with E-state index in [4.69, 9.17) is 9.47 Å². The molecular weight excluding hydrogens is 763 g/mol. The Labute approximate surface area is 284 Å². The van der Waals surface area contributed by atoms with E-state index in [0.29, 0.717) is 20.9 Å². The van der Waals surface area contributed by atoms with Crippen LogP contribution in [-0.2, 0) is 22.4 Å². The minimum atomic E-state index is -6.10. The van der Waals surface area contributed by atoms with Gasteiger partial charge in [-0.3, -0.25) is 19.5 Å². The summed E-state index contributed by atoms with van der Waals surface area (Å²) in [5.41, 5.74) is -7.97. The second-order valence-corrected chi connectivity index (χ2v) is 12.6. The monoisotopic (exact) mass is 793 g/mol. The van der Waals surface area contributed by atoms with Gasteiger partial charge >= 0.3 is 18.4 Å². The number of hydrogen-bond donors (Lipinski definition) is 2. The summed E-state index contributed by atoms with van der Waals surface area (Å²) in [6.07, 6.45) is -12.1. The van der Waals surface area contributed by atoms with Gasteiger partial charge in [0.05, 0.1) is 27.6 Å². The summed E-state index contributed by atoms with van der Waals surface area (Å²) in [6, 6.07) is 11.2. The van der Waals surface area contributed by atoms with Crippen LogP contribution in [0.4, 0.5) is 31.1 Å². The number of rotatable bonds is 11. The molecule has 9 nitrogen and oxygen atoms in total. The Hall–Kier alpha value is -3.93. The van der Waals surface area contributed by atoms with Gasteiger partial charge in [-0.1, -0.05) is 25.5 Å². The Morgan fingerprint density at radius 2 is 1.60 bits per heavy atom. The van der Waals surface area contributed by atoms with E-state index in [1.165, 1.54) is 25.1 Å². The summed E-state index contributed by atoms with van der Waals surface area (Å²) in [7, 11) is 0. The molecule has 1 unspecified atom stereocenters. The molecule has 2 aromatic carbocycles. The molecule has 3 amide bonds. The number of carbonyl (C=O) groups is 3. The highest BCUT2D eigenvalue weighted by Gasteiger charge is 2.72. The number of nitrogens with one attached hydrogen (secondary N) is 1. The maximum absolute atomic E-state index is 13.4. The Bertz CT molecular complexity index is 1700. The number of amides is 3. The van der Waals surface area contributed by atoms with Gasteiger partial charge in [0.1, 0.15) is 22.8 Å². The quantitative estimate of drug-likeness (QED) is 0.0915. The molecule has 16 heteroatoms. The lowest BCUT2D eigenvalue weighted by molar-refractivity contribution is -0.377. The Balaban J connectivity index is 1.53. The van der Waals surface area contributed by atoms with E-state index >= 15 is 0 Å². The number of aliphatic hydroxyl groups is 1. The lowest BCUT2D eigenvalue weighted by atomic mass is 9.92. The Kier molecular flexibility index (Phi) is 10.4. The molecule has 1 aliphatic heterocycles. The number of ketones is 1. The number of urea groups is 1. The van der Waals surface area contributed by atoms with Gasteiger partial charge < -0.3 is 19.9 Å². The lowest BCUT2D eigenvalue weighted by Gasteiger charge is -2.32. The molecule has 1 aromatic heterocycles. The molecule has 1 fully saturated rings. The van der Waals surface area contributed by atoms with Crippen molar-refractivity contribution in [2.75, 3.05) is 6.54 Å². The number of carbonyl (C=O) groups excluding carboxylic acids is 3. The number of benzene rings is 2. The van der Waals surface area contributed by atoms with Crippen LogP contribution in [0.25, 0.3) is 0 Å². The van der Waals surface area contributed by atoms with Crippen LogP contribution >= 0.6 is 22.6 Å². The van der Waals surface area contributed by atoms with Crippen molar-refractivity contribution in [1.29, 1.82) is 0 Å². The van der Waals surface area contributed by atoms with Crippen LogP contribution in [0.2, 0.25) is 0 Å². The zero-order chi connectivity index (χ0) is 35.8. The van der Waals surface area contributed by atoms with E-state index in [-0.39, 0.29) is 41.7 Å². The zero-order valence-electron chi connectivity index (χ0n) is 25.9. The standard InChI is InChI=1S/C32H30F6IN3O6/c1-5-6-22-25(13-14-26(40-22)30(46,31(33,34)35)32(36,37)38)48-24-12-7-18(15-21(24)39)23(43)16-42-27(44)29(4,41-28(42)45)19-8-10-20(11-9-19)47-17(2)3/h7-15,17,46H,5-6,16H2,1-4H3,(H,41,45). The van der Waals surface area contributed by atoms with Crippen molar-refractivity contribution in [2.24, 2.45) is 0 Å². The zero-order valence-corrected chi connectivity index (χ0v) is 28.1. The molecule has 0 saturated carbocycles. The first-order chi connectivity index (χ1) is 22.2. The fraction of sp³-hybridized carbons (Fsp3) is 0.375. The van der Waals surface area contributed by atoms with Gasteiger partial charge in [0.2, 0.25) is 0 Å². The predicted octanol–water partition coefficient (Wildman–Crippen LogP) is 7.18. The maximum Gasteiger partial charge on any atom is 0.432 e. The molecule has 3 aromatic rings. The molecule has 2 heterocycles. The third-order valence-electron chi connectivity index (χ3n) is 7.46. The summed E-state index contributed by atoms with van der Waals surface area (Å²) < 4.78 is 92.3. The van der Waals surface area contributed by atoms with E-state index in [2.05, 4.69) is 10.3 Å². The predicted molar refractivity (Wildman–Crippen MR) is 168 cm³/mol. The summed E-state index contributed by atoms with van der Waals surface area (Å²) in [5.74, 6) is -0.729. The van der Waals surface area contributed by atoms with Crippen molar-refractivity contribution in [3.63, 3.8) is 0 Å². The number of alkyl halides is 6. The van der Waals surface area contributed by atoms with Gasteiger partial charge in [0.25, 0.3) is 11.5 Å². The molecule has 0 spiro atoms. The fourth-order valence-corrected chi connectivity index (χ4v) is 5.56. The number of hydrogen-bond acceptors (Lipinski definition) is 7. The minimum absolute atomic E-state index is 0.0669. The average Bonchev–Trinajstić information content (AvgIpc) is 3.21. The molecular formula is C32H30F6IN3O6. The molecule has 48 heavy (non-hydrogen) atoms. The number of ether oxygens (including phenoxy) is 2. The van der Waals surface area contributed by atoms with Crippen LogP contribution < -0.4 is 14.8 Å². The number of nitrogens with zero attached hydrogens (tertiary/aromatic N) is 2. The summed E-state index contributed by atoms with van der Waals surface area (Å²) in [6.45, 7) is 6.28. The highest BCUT2D eigenvalue weighted by molar-refractivity contribution is 14.1. The van der Waals surface area contributed by atoms with Crippen molar-refractivity contribution < 1.29 is 55.3 Å². The van der Waals surface area contributed by atoms with E-state index in [1.54, 1.807) is 31.2 Å². The van der Waals surface area contributed by atoms with Crippen molar-refractivity contribution >= 4 is 40.3 Å². The molecule has 258 valence electrons. The summed E-state index contributed by atoms with van der Waals surface area (Å²) >= 11 is 1.81. The van der Waals surface area contributed by atoms with Crippen molar-refractivity contribution in [1.82, 2.24) is 15.2 Å². The first kappa shape index (κ1) is 36.9. The maximum atomic E-state index is 13.4. The van der Waals surface area contributed by atoms with Gasteiger partial charge in [-0.05, 0) is 97.8 Å². The van der Waals surface area contributed by atoms with Gasteiger partial charge in [-0.25, -0.2) is 4.79 Å². The summed E-state index contributed by atoms with van der Waals surface area (Å²) in [5, 5.41) is 12.4. The smallest absolute Gasteiger partial charge is 0.432 e. The van der Waals surface area contributed by atoms with E-state index in [9.17, 15) is 45.8 Å². The number of Topliss-reactive ketones (excluding diaryl/α,β-unsaturated/α-hetero) is 1. The molecule has 2 N–H and O–H groups in total. The number of aryl methyl sites for hydroxylation is 1. The lowest BCUT2D eigenvalue weighted by Crippen LogP contribution is -2.54. The van der Waals surface area contributed by atoms with Gasteiger partial charge in [0.15, 0.2) is 5.78 Å². The van der Waals surface area contributed by atoms with Crippen molar-refractivity contribution in [3.05, 3.63) is 80.7 Å². The van der Waals surface area contributed by atoms with E-state index < -0.39 is 53.5 Å². The highest BCUT2D eigenvalue weighted by atomic mass is 127. The Morgan fingerprint density at radius 1 is 1.00 bits per heavy atom. The molecule has 1 atom stereocenters. The van der Waals surface area contributed by atoms with Crippen LogP contribution in [0.1, 0.15) is 61.4 Å². The normalized spacial score (nSPS) is 17.1. The molecule has 4 rings (SSSR count). The first-order valence-electron chi connectivity index (χ1n) is 14.5. The Morgan fingerprint density at radius 3 is 2.15 bits per heavy atom. The minimum Gasteiger partial charge on any atom is -0.491 e. The van der Waals surface area contributed by atoms with Crippen LogP contribution in [-0.4, -0.2) is 57.7 Å². The molecule has 0 radical (unpaired) electrons. The third-order valence-corrected chi connectivity index (χ3v) is 8.31. The number of halogens is 7. The van der Waals surface area contributed by atoms with E-state index in [1.807, 2.05) is 36.4 Å². The second-order valence-electron chi connectivity index (χ2n) is 11.4. The molecule has 1 saturated heterocycles. The molecule has 0 aliphatic carbocycles.